The zero-order valence-electron chi connectivity index (χ0n) is 14.0. The fraction of sp³-hybridized carbons (Fsp3) is 0.900. The predicted molar refractivity (Wildman–Crippen MR) is 86.9 cm³/mol. The van der Waals surface area contributed by atoms with E-state index in [9.17, 15) is 10.2 Å². The smallest absolute Gasteiger partial charge is 0.126 e. The highest BCUT2D eigenvalue weighted by Gasteiger charge is 2.63. The van der Waals surface area contributed by atoms with E-state index in [2.05, 4.69) is 19.8 Å². The Morgan fingerprint density at radius 3 is 2.45 bits per heavy atom. The third-order valence-corrected chi connectivity index (χ3v) is 8.54. The van der Waals surface area contributed by atoms with Gasteiger partial charge in [0, 0.05) is 0 Å². The first kappa shape index (κ1) is 15.0. The predicted octanol–water partition coefficient (Wildman–Crippen LogP) is 3.36. The number of aliphatic hydroxyl groups is 2. The summed E-state index contributed by atoms with van der Waals surface area (Å²) in [6.45, 7) is 4.73. The van der Waals surface area contributed by atoms with Crippen molar-refractivity contribution >= 4 is 0 Å². The van der Waals surface area contributed by atoms with Crippen LogP contribution in [-0.2, 0) is 0 Å². The molecule has 4 saturated carbocycles. The molecule has 0 heterocycles. The zero-order valence-corrected chi connectivity index (χ0v) is 14.0. The fourth-order valence-electron chi connectivity index (χ4n) is 7.34. The minimum Gasteiger partial charge on any atom is -0.393 e. The summed E-state index contributed by atoms with van der Waals surface area (Å²) in [5.41, 5.74) is -0.519. The Morgan fingerprint density at radius 2 is 1.73 bits per heavy atom. The topological polar surface area (TPSA) is 40.5 Å². The summed E-state index contributed by atoms with van der Waals surface area (Å²) in [7, 11) is 0. The Hall–Kier alpha value is -0.520. The molecule has 0 unspecified atom stereocenters. The van der Waals surface area contributed by atoms with Crippen molar-refractivity contribution < 1.29 is 10.2 Å². The summed E-state index contributed by atoms with van der Waals surface area (Å²) in [5, 5.41) is 21.2. The molecule has 0 aromatic carbocycles. The number of aliphatic hydroxyl groups excluding tert-OH is 1. The van der Waals surface area contributed by atoms with Gasteiger partial charge in [0.05, 0.1) is 6.10 Å². The maximum atomic E-state index is 10.7. The van der Waals surface area contributed by atoms with Crippen LogP contribution in [0.5, 0.6) is 0 Å². The van der Waals surface area contributed by atoms with Gasteiger partial charge in [-0.15, -0.1) is 6.42 Å². The van der Waals surface area contributed by atoms with Crippen molar-refractivity contribution in [2.24, 2.45) is 34.5 Å². The van der Waals surface area contributed by atoms with Gasteiger partial charge < -0.3 is 10.2 Å². The van der Waals surface area contributed by atoms with Crippen LogP contribution in [-0.4, -0.2) is 21.9 Å². The lowest BCUT2D eigenvalue weighted by Gasteiger charge is -2.57. The highest BCUT2D eigenvalue weighted by molar-refractivity contribution is 5.20. The monoisotopic (exact) mass is 302 g/mol. The molecule has 0 radical (unpaired) electrons. The Morgan fingerprint density at radius 1 is 1.00 bits per heavy atom. The summed E-state index contributed by atoms with van der Waals surface area (Å²) in [5.74, 6) is 5.39. The van der Waals surface area contributed by atoms with Crippen LogP contribution < -0.4 is 0 Å². The summed E-state index contributed by atoms with van der Waals surface area (Å²) in [6.07, 6.45) is 14.2. The third-order valence-electron chi connectivity index (χ3n) is 8.54. The molecule has 0 amide bonds. The molecule has 22 heavy (non-hydrogen) atoms. The van der Waals surface area contributed by atoms with Crippen LogP contribution in [0, 0.1) is 46.8 Å². The van der Waals surface area contributed by atoms with Crippen molar-refractivity contribution in [3.05, 3.63) is 0 Å². The lowest BCUT2D eigenvalue weighted by Crippen LogP contribution is -2.51. The zero-order chi connectivity index (χ0) is 15.8. The molecular formula is C20H30O2. The first-order valence-corrected chi connectivity index (χ1v) is 9.21. The van der Waals surface area contributed by atoms with Crippen molar-refractivity contribution in [2.75, 3.05) is 0 Å². The highest BCUT2D eigenvalue weighted by atomic mass is 16.3. The van der Waals surface area contributed by atoms with Gasteiger partial charge in [-0.05, 0) is 85.9 Å². The van der Waals surface area contributed by atoms with Crippen molar-refractivity contribution in [3.8, 4) is 12.3 Å². The van der Waals surface area contributed by atoms with Crippen LogP contribution in [0.4, 0.5) is 0 Å². The van der Waals surface area contributed by atoms with E-state index in [0.717, 1.165) is 31.6 Å². The first-order valence-electron chi connectivity index (χ1n) is 9.21. The lowest BCUT2D eigenvalue weighted by atomic mass is 9.48. The highest BCUT2D eigenvalue weighted by Crippen LogP contribution is 2.68. The largest absolute Gasteiger partial charge is 0.393 e. The van der Waals surface area contributed by atoms with E-state index in [4.69, 9.17) is 6.42 Å². The number of hydrogen-bond acceptors (Lipinski definition) is 2. The van der Waals surface area contributed by atoms with Crippen LogP contribution in [0.3, 0.4) is 0 Å². The molecular weight excluding hydrogens is 272 g/mol. The van der Waals surface area contributed by atoms with Crippen molar-refractivity contribution in [1.29, 1.82) is 0 Å². The maximum Gasteiger partial charge on any atom is 0.126 e. The molecule has 122 valence electrons. The van der Waals surface area contributed by atoms with E-state index < -0.39 is 5.60 Å². The van der Waals surface area contributed by atoms with Crippen molar-refractivity contribution in [2.45, 2.75) is 76.9 Å². The Balaban J connectivity index is 1.66. The molecule has 4 rings (SSSR count). The number of rotatable bonds is 0. The second-order valence-electron chi connectivity index (χ2n) is 9.35. The third kappa shape index (κ3) is 1.76. The van der Waals surface area contributed by atoms with Crippen LogP contribution in [0.2, 0.25) is 0 Å². The van der Waals surface area contributed by atoms with Gasteiger partial charge in [-0.1, -0.05) is 19.8 Å². The van der Waals surface area contributed by atoms with Gasteiger partial charge in [-0.25, -0.2) is 0 Å². The summed E-state index contributed by atoms with van der Waals surface area (Å²) in [4.78, 5) is 0. The Labute approximate surface area is 134 Å². The molecule has 0 aromatic heterocycles. The molecule has 4 fully saturated rings. The van der Waals surface area contributed by atoms with Crippen LogP contribution >= 0.6 is 0 Å². The number of hydrogen-bond donors (Lipinski definition) is 2. The Bertz CT molecular complexity index is 522. The summed E-state index contributed by atoms with van der Waals surface area (Å²) < 4.78 is 0. The van der Waals surface area contributed by atoms with Crippen molar-refractivity contribution in [3.63, 3.8) is 0 Å². The minimum absolute atomic E-state index is 0.102. The second kappa shape index (κ2) is 4.52. The van der Waals surface area contributed by atoms with Gasteiger partial charge >= 0.3 is 0 Å². The summed E-state index contributed by atoms with van der Waals surface area (Å²) in [6, 6.07) is 0. The average molecular weight is 302 g/mol. The van der Waals surface area contributed by atoms with Crippen LogP contribution in [0.25, 0.3) is 0 Å². The van der Waals surface area contributed by atoms with Gasteiger partial charge in [-0.3, -0.25) is 0 Å². The van der Waals surface area contributed by atoms with Gasteiger partial charge in [0.1, 0.15) is 5.60 Å². The standard InChI is InChI=1S/C20H30O2/c1-4-20(22)11-13-5-6-14-15-7-8-17(21)18(15,2)10-9-16(14)19(13,3)12-20/h1,13-17,21-22H,5-12H2,2-3H3/t13-,14-,15-,16-,17-,18-,19-,20+/m0/s1. The molecule has 0 spiro atoms. The van der Waals surface area contributed by atoms with Gasteiger partial charge in [0.15, 0.2) is 0 Å². The van der Waals surface area contributed by atoms with E-state index in [-0.39, 0.29) is 16.9 Å². The first-order chi connectivity index (χ1) is 10.3. The molecule has 2 nitrogen and oxygen atoms in total. The quantitative estimate of drug-likeness (QED) is 0.674. The second-order valence-corrected chi connectivity index (χ2v) is 9.35. The normalized spacial score (nSPS) is 60.2. The molecule has 4 aliphatic carbocycles. The van der Waals surface area contributed by atoms with E-state index >= 15 is 0 Å². The number of terminal acetylenes is 1. The average Bonchev–Trinajstić information content (AvgIpc) is 2.93. The molecule has 2 heteroatoms. The van der Waals surface area contributed by atoms with Gasteiger partial charge in [-0.2, -0.15) is 0 Å². The number of fused-ring (bicyclic) bond motifs is 5. The van der Waals surface area contributed by atoms with E-state index in [1.165, 1.54) is 25.7 Å². The lowest BCUT2D eigenvalue weighted by molar-refractivity contribution is -0.101. The summed E-state index contributed by atoms with van der Waals surface area (Å²) >= 11 is 0. The van der Waals surface area contributed by atoms with E-state index in [0.29, 0.717) is 17.8 Å². The molecule has 2 N–H and O–H groups in total. The molecule has 0 saturated heterocycles. The van der Waals surface area contributed by atoms with Crippen LogP contribution in [0.15, 0.2) is 0 Å². The molecule has 0 aliphatic heterocycles. The van der Waals surface area contributed by atoms with E-state index in [1.807, 2.05) is 0 Å². The van der Waals surface area contributed by atoms with E-state index in [1.54, 1.807) is 0 Å². The fourth-order valence-corrected chi connectivity index (χ4v) is 7.34. The molecule has 8 atom stereocenters. The SMILES string of the molecule is C#C[C@@]1(O)C[C@@H]2CC[C@@H]3[C@H](CC[C@]4(C)[C@@H](O)CC[C@@H]34)[C@@]2(C)C1. The van der Waals surface area contributed by atoms with Gasteiger partial charge in [0.2, 0.25) is 0 Å². The van der Waals surface area contributed by atoms with Crippen molar-refractivity contribution in [1.82, 2.24) is 0 Å². The maximum absolute atomic E-state index is 10.7. The Kier molecular flexibility index (Phi) is 3.09. The molecule has 4 aliphatic rings. The minimum atomic E-state index is -0.871. The molecule has 0 aromatic rings. The molecule has 0 bridgehead atoms. The van der Waals surface area contributed by atoms with Gasteiger partial charge in [0.25, 0.3) is 0 Å². The van der Waals surface area contributed by atoms with Crippen LogP contribution in [0.1, 0.15) is 65.2 Å².